The van der Waals surface area contributed by atoms with Crippen molar-refractivity contribution in [1.82, 2.24) is 14.8 Å². The molecule has 4 rings (SSSR count). The van der Waals surface area contributed by atoms with E-state index < -0.39 is 6.36 Å². The maximum Gasteiger partial charge on any atom is 0.573 e. The first-order valence-electron chi connectivity index (χ1n) is 8.82. The van der Waals surface area contributed by atoms with E-state index in [0.29, 0.717) is 17.9 Å². The second kappa shape index (κ2) is 8.08. The van der Waals surface area contributed by atoms with Crippen LogP contribution in [0.3, 0.4) is 0 Å². The highest BCUT2D eigenvalue weighted by molar-refractivity contribution is 7.98. The summed E-state index contributed by atoms with van der Waals surface area (Å²) < 4.78 is 44.4. The van der Waals surface area contributed by atoms with Gasteiger partial charge in [-0.2, -0.15) is 0 Å². The number of fused-ring (bicyclic) bond motifs is 1. The zero-order chi connectivity index (χ0) is 20.4. The molecule has 0 saturated carbocycles. The summed E-state index contributed by atoms with van der Waals surface area (Å²) in [5.41, 5.74) is 0.714. The van der Waals surface area contributed by atoms with Crippen molar-refractivity contribution in [3.8, 4) is 16.5 Å². The van der Waals surface area contributed by atoms with Crippen molar-refractivity contribution in [3.63, 3.8) is 0 Å². The number of thiophene rings is 1. The van der Waals surface area contributed by atoms with Crippen LogP contribution >= 0.6 is 23.1 Å². The Kier molecular flexibility index (Phi) is 5.51. The van der Waals surface area contributed by atoms with Crippen LogP contribution in [0.4, 0.5) is 13.2 Å². The number of hydrogen-bond donors (Lipinski definition) is 0. The van der Waals surface area contributed by atoms with E-state index in [1.54, 1.807) is 23.5 Å². The largest absolute Gasteiger partial charge is 0.573 e. The van der Waals surface area contributed by atoms with Crippen molar-refractivity contribution >= 4 is 33.2 Å². The van der Waals surface area contributed by atoms with Crippen molar-refractivity contribution in [3.05, 3.63) is 60.2 Å². The number of benzene rings is 2. The van der Waals surface area contributed by atoms with Crippen LogP contribution in [0.2, 0.25) is 0 Å². The molecule has 0 amide bonds. The molecule has 2 aromatic carbocycles. The second-order valence-corrected chi connectivity index (χ2v) is 8.21. The van der Waals surface area contributed by atoms with E-state index in [2.05, 4.69) is 33.1 Å². The summed E-state index contributed by atoms with van der Waals surface area (Å²) in [4.78, 5) is 1.04. The van der Waals surface area contributed by atoms with Gasteiger partial charge in [-0.25, -0.2) is 0 Å². The lowest BCUT2D eigenvalue weighted by molar-refractivity contribution is -0.274. The molecule has 0 saturated heterocycles. The van der Waals surface area contributed by atoms with E-state index in [4.69, 9.17) is 0 Å². The first-order chi connectivity index (χ1) is 13.9. The monoisotopic (exact) mass is 435 g/mol. The Morgan fingerprint density at radius 3 is 2.66 bits per heavy atom. The second-order valence-electron chi connectivity index (χ2n) is 6.18. The molecule has 0 spiro atoms. The molecule has 150 valence electrons. The molecule has 0 unspecified atom stereocenters. The van der Waals surface area contributed by atoms with Gasteiger partial charge in [0.1, 0.15) is 5.75 Å². The van der Waals surface area contributed by atoms with E-state index in [1.807, 2.05) is 23.6 Å². The number of nitrogens with zero attached hydrogens (tertiary/aromatic N) is 3. The molecule has 0 bridgehead atoms. The van der Waals surface area contributed by atoms with Gasteiger partial charge in [-0.15, -0.1) is 34.7 Å². The van der Waals surface area contributed by atoms with Gasteiger partial charge in [0, 0.05) is 17.0 Å². The average Bonchev–Trinajstić information content (AvgIpc) is 3.28. The number of thioether (sulfide) groups is 1. The summed E-state index contributed by atoms with van der Waals surface area (Å²) in [6, 6.07) is 16.2. The molecule has 0 aliphatic rings. The first kappa shape index (κ1) is 19.8. The van der Waals surface area contributed by atoms with Gasteiger partial charge in [0.25, 0.3) is 0 Å². The Morgan fingerprint density at radius 1 is 1.07 bits per heavy atom. The normalized spacial score (nSPS) is 11.9. The molecule has 0 fully saturated rings. The summed E-state index contributed by atoms with van der Waals surface area (Å²) in [6.45, 7) is 2.71. The Morgan fingerprint density at radius 2 is 1.90 bits per heavy atom. The van der Waals surface area contributed by atoms with Crippen LogP contribution in [0, 0.1) is 0 Å². The first-order valence-corrected chi connectivity index (χ1v) is 10.6. The third kappa shape index (κ3) is 4.56. The molecule has 0 radical (unpaired) electrons. The fraction of sp³-hybridized carbons (Fsp3) is 0.200. The van der Waals surface area contributed by atoms with E-state index in [0.717, 1.165) is 21.2 Å². The lowest BCUT2D eigenvalue weighted by Gasteiger charge is -2.10. The molecule has 4 nitrogen and oxygen atoms in total. The van der Waals surface area contributed by atoms with Crippen LogP contribution in [-0.2, 0) is 12.3 Å². The minimum Gasteiger partial charge on any atom is -0.406 e. The number of halogens is 3. The van der Waals surface area contributed by atoms with Crippen LogP contribution in [0.1, 0.15) is 12.5 Å². The van der Waals surface area contributed by atoms with Gasteiger partial charge in [0.15, 0.2) is 11.0 Å². The highest BCUT2D eigenvalue weighted by Crippen LogP contribution is 2.34. The number of ether oxygens (including phenoxy) is 1. The number of hydrogen-bond acceptors (Lipinski definition) is 5. The molecule has 29 heavy (non-hydrogen) atoms. The molecule has 0 aliphatic heterocycles. The molecule has 0 atom stereocenters. The predicted molar refractivity (Wildman–Crippen MR) is 109 cm³/mol. The maximum atomic E-state index is 12.4. The Hall–Kier alpha value is -2.52. The average molecular weight is 435 g/mol. The molecule has 9 heteroatoms. The number of rotatable bonds is 6. The van der Waals surface area contributed by atoms with Crippen molar-refractivity contribution in [2.24, 2.45) is 0 Å². The topological polar surface area (TPSA) is 39.9 Å². The summed E-state index contributed by atoms with van der Waals surface area (Å²) in [6.07, 6.45) is -4.70. The molecule has 2 aromatic heterocycles. The zero-order valence-electron chi connectivity index (χ0n) is 15.3. The number of aromatic nitrogens is 3. The van der Waals surface area contributed by atoms with E-state index in [-0.39, 0.29) is 5.75 Å². The van der Waals surface area contributed by atoms with E-state index >= 15 is 0 Å². The van der Waals surface area contributed by atoms with Crippen LogP contribution in [-0.4, -0.2) is 21.1 Å². The van der Waals surface area contributed by atoms with Gasteiger partial charge in [-0.3, -0.25) is 0 Å². The van der Waals surface area contributed by atoms with Gasteiger partial charge in [0.05, 0.1) is 4.88 Å². The summed E-state index contributed by atoms with van der Waals surface area (Å²) in [5, 5.41) is 10.5. The Balaban J connectivity index is 1.54. The Labute approximate surface area is 173 Å². The third-order valence-corrected chi connectivity index (χ3v) is 6.33. The standard InChI is InChI=1S/C20H16F3N3OS2/c1-2-26-18(17-11-14-7-3-4-9-16(14)29-17)24-25-19(26)28-12-13-6-5-8-15(10-13)27-20(21,22)23/h3-11H,2,12H2,1H3. The smallest absolute Gasteiger partial charge is 0.406 e. The predicted octanol–water partition coefficient (Wildman–Crippen LogP) is 6.37. The minimum atomic E-state index is -4.70. The van der Waals surface area contributed by atoms with Gasteiger partial charge < -0.3 is 9.30 Å². The van der Waals surface area contributed by atoms with Crippen LogP contribution in [0.5, 0.6) is 5.75 Å². The highest BCUT2D eigenvalue weighted by atomic mass is 32.2. The van der Waals surface area contributed by atoms with Crippen molar-refractivity contribution < 1.29 is 17.9 Å². The van der Waals surface area contributed by atoms with Gasteiger partial charge in [0.2, 0.25) is 0 Å². The molecular formula is C20H16F3N3OS2. The quantitative estimate of drug-likeness (QED) is 0.330. The van der Waals surface area contributed by atoms with Crippen molar-refractivity contribution in [1.29, 1.82) is 0 Å². The lowest BCUT2D eigenvalue weighted by Crippen LogP contribution is -2.17. The summed E-state index contributed by atoms with van der Waals surface area (Å²) in [7, 11) is 0. The van der Waals surface area contributed by atoms with E-state index in [1.165, 1.54) is 28.6 Å². The molecule has 4 aromatic rings. The van der Waals surface area contributed by atoms with Crippen LogP contribution in [0.15, 0.2) is 59.8 Å². The molecule has 0 aliphatic carbocycles. The van der Waals surface area contributed by atoms with Crippen LogP contribution in [0.25, 0.3) is 20.8 Å². The lowest BCUT2D eigenvalue weighted by atomic mass is 10.2. The summed E-state index contributed by atoms with van der Waals surface area (Å²) in [5.74, 6) is 1.03. The zero-order valence-corrected chi connectivity index (χ0v) is 16.9. The van der Waals surface area contributed by atoms with E-state index in [9.17, 15) is 13.2 Å². The minimum absolute atomic E-state index is 0.224. The maximum absolute atomic E-state index is 12.4. The summed E-state index contributed by atoms with van der Waals surface area (Å²) >= 11 is 3.09. The van der Waals surface area contributed by atoms with Gasteiger partial charge in [-0.05, 0) is 42.1 Å². The number of alkyl halides is 3. The fourth-order valence-electron chi connectivity index (χ4n) is 2.94. The van der Waals surface area contributed by atoms with Gasteiger partial charge in [-0.1, -0.05) is 42.1 Å². The van der Waals surface area contributed by atoms with Gasteiger partial charge >= 0.3 is 6.36 Å². The van der Waals surface area contributed by atoms with Crippen LogP contribution < -0.4 is 4.74 Å². The Bertz CT molecular complexity index is 1100. The highest BCUT2D eigenvalue weighted by Gasteiger charge is 2.31. The molecule has 0 N–H and O–H groups in total. The molecule has 2 heterocycles. The molecular weight excluding hydrogens is 419 g/mol. The SMILES string of the molecule is CCn1c(SCc2cccc(OC(F)(F)F)c2)nnc1-c1cc2ccccc2s1. The third-order valence-electron chi connectivity index (χ3n) is 4.18. The van der Waals surface area contributed by atoms with Crippen molar-refractivity contribution in [2.45, 2.75) is 30.7 Å². The fourth-order valence-corrected chi connectivity index (χ4v) is 4.94. The van der Waals surface area contributed by atoms with Crippen molar-refractivity contribution in [2.75, 3.05) is 0 Å².